The molecule has 0 unspecified atom stereocenters. The van der Waals surface area contributed by atoms with Gasteiger partial charge in [0.15, 0.2) is 11.4 Å². The van der Waals surface area contributed by atoms with Gasteiger partial charge in [0, 0.05) is 11.8 Å². The first-order valence-corrected chi connectivity index (χ1v) is 11.8. The molecule has 0 bridgehead atoms. The van der Waals surface area contributed by atoms with E-state index in [1.807, 2.05) is 13.8 Å². The van der Waals surface area contributed by atoms with Gasteiger partial charge in [0.1, 0.15) is 23.9 Å². The van der Waals surface area contributed by atoms with Crippen LogP contribution in [-0.4, -0.2) is 21.2 Å². The molecule has 9 heteroatoms. The third kappa shape index (κ3) is 5.77. The molecule has 0 saturated carbocycles. The number of ether oxygens (including phenoxy) is 1. The van der Waals surface area contributed by atoms with Gasteiger partial charge in [-0.2, -0.15) is 0 Å². The molecular weight excluding hydrogens is 478 g/mol. The molecule has 2 heterocycles. The second-order valence-corrected chi connectivity index (χ2v) is 8.62. The maximum atomic E-state index is 14.0. The van der Waals surface area contributed by atoms with Crippen molar-refractivity contribution in [3.8, 4) is 5.75 Å². The first-order valence-electron chi connectivity index (χ1n) is 11.8. The molecule has 4 aromatic rings. The van der Waals surface area contributed by atoms with E-state index in [2.05, 4.69) is 10.3 Å². The van der Waals surface area contributed by atoms with Gasteiger partial charge in [-0.25, -0.2) is 13.8 Å². The molecule has 0 aliphatic heterocycles. The number of hydrogen-bond donors (Lipinski definition) is 2. The summed E-state index contributed by atoms with van der Waals surface area (Å²) in [5.41, 5.74) is 6.44. The summed E-state index contributed by atoms with van der Waals surface area (Å²) in [5, 5.41) is 2.97. The van der Waals surface area contributed by atoms with Crippen LogP contribution in [0, 0.1) is 18.6 Å². The van der Waals surface area contributed by atoms with Crippen LogP contribution >= 0.6 is 0 Å². The van der Waals surface area contributed by atoms with E-state index in [1.54, 1.807) is 67.8 Å². The van der Waals surface area contributed by atoms with Crippen LogP contribution in [0.1, 0.15) is 65.4 Å². The highest BCUT2D eigenvalue weighted by Gasteiger charge is 2.27. The number of amides is 2. The summed E-state index contributed by atoms with van der Waals surface area (Å²) in [6, 6.07) is 13.6. The number of halogens is 2. The number of fused-ring (bicyclic) bond motifs is 1. The maximum absolute atomic E-state index is 14.0. The molecular formula is C28H30F2N4O3. The predicted molar refractivity (Wildman–Crippen MR) is 137 cm³/mol. The summed E-state index contributed by atoms with van der Waals surface area (Å²) < 4.78 is 35.2. The van der Waals surface area contributed by atoms with Crippen LogP contribution in [0.5, 0.6) is 5.75 Å². The molecule has 2 aromatic heterocycles. The van der Waals surface area contributed by atoms with Crippen LogP contribution in [-0.2, 0) is 12.1 Å². The van der Waals surface area contributed by atoms with Gasteiger partial charge >= 0.3 is 0 Å². The van der Waals surface area contributed by atoms with Gasteiger partial charge in [-0.15, -0.1) is 0 Å². The van der Waals surface area contributed by atoms with Crippen LogP contribution in [0.25, 0.3) is 5.65 Å². The average molecular weight is 509 g/mol. The average Bonchev–Trinajstić information content (AvgIpc) is 3.21. The molecule has 0 aliphatic carbocycles. The third-order valence-corrected chi connectivity index (χ3v) is 5.73. The second kappa shape index (κ2) is 11.2. The second-order valence-electron chi connectivity index (χ2n) is 8.62. The Hall–Kier alpha value is -4.27. The number of carbonyl (C=O) groups excluding carboxylic acids is 2. The lowest BCUT2D eigenvalue weighted by molar-refractivity contribution is 0.0905. The van der Waals surface area contributed by atoms with Crippen molar-refractivity contribution < 1.29 is 23.1 Å². The Bertz CT molecular complexity index is 1430. The minimum absolute atomic E-state index is 0.198. The highest BCUT2D eigenvalue weighted by Crippen LogP contribution is 2.26. The molecule has 2 aromatic carbocycles. The van der Waals surface area contributed by atoms with Gasteiger partial charge in [-0.05, 0) is 62.7 Å². The number of rotatable bonds is 7. The molecule has 7 nitrogen and oxygen atoms in total. The zero-order chi connectivity index (χ0) is 27.3. The SMILES string of the molecule is CC.Cc1nc2c(OCc3c(F)cccc3F)cccn2c1C(=O)NC(C)(C)c1cccc(C(N)=O)c1. The summed E-state index contributed by atoms with van der Waals surface area (Å²) in [6.45, 7) is 8.96. The smallest absolute Gasteiger partial charge is 0.270 e. The number of aryl methyl sites for hydroxylation is 1. The molecule has 0 atom stereocenters. The van der Waals surface area contributed by atoms with Crippen LogP contribution in [0.15, 0.2) is 60.8 Å². The normalized spacial score (nSPS) is 11.0. The summed E-state index contributed by atoms with van der Waals surface area (Å²) in [7, 11) is 0. The monoisotopic (exact) mass is 508 g/mol. The fourth-order valence-corrected chi connectivity index (χ4v) is 3.84. The third-order valence-electron chi connectivity index (χ3n) is 5.73. The first-order chi connectivity index (χ1) is 17.6. The summed E-state index contributed by atoms with van der Waals surface area (Å²) in [5.74, 6) is -2.11. The molecule has 4 rings (SSSR count). The Morgan fingerprint density at radius 2 is 1.70 bits per heavy atom. The van der Waals surface area contributed by atoms with Crippen LogP contribution in [0.2, 0.25) is 0 Å². The summed E-state index contributed by atoms with van der Waals surface area (Å²) in [6.07, 6.45) is 1.65. The molecule has 0 spiro atoms. The van der Waals surface area contributed by atoms with Crippen molar-refractivity contribution in [2.75, 3.05) is 0 Å². The number of nitrogens with one attached hydrogen (secondary N) is 1. The minimum Gasteiger partial charge on any atom is -0.485 e. The van der Waals surface area contributed by atoms with Gasteiger partial charge in [0.25, 0.3) is 5.91 Å². The lowest BCUT2D eigenvalue weighted by Gasteiger charge is -2.27. The van der Waals surface area contributed by atoms with Gasteiger partial charge < -0.3 is 15.8 Å². The lowest BCUT2D eigenvalue weighted by Crippen LogP contribution is -2.41. The van der Waals surface area contributed by atoms with E-state index in [0.29, 0.717) is 22.5 Å². The number of aromatic nitrogens is 2. The quantitative estimate of drug-likeness (QED) is 0.354. The van der Waals surface area contributed by atoms with Gasteiger partial charge in [0.2, 0.25) is 5.91 Å². The number of imidazole rings is 1. The zero-order valence-electron chi connectivity index (χ0n) is 21.4. The fourth-order valence-electron chi connectivity index (χ4n) is 3.84. The van der Waals surface area contributed by atoms with E-state index in [0.717, 1.165) is 12.1 Å². The van der Waals surface area contributed by atoms with E-state index in [4.69, 9.17) is 10.5 Å². The standard InChI is InChI=1S/C26H24F2N4O3.C2H6/c1-15-22(25(34)31-26(2,3)17-8-4-7-16(13-17)23(29)33)32-12-6-11-21(24(32)30-15)35-14-18-19(27)9-5-10-20(18)28;1-2/h4-13H,14H2,1-3H3,(H2,29,33)(H,31,34);1-2H3. The zero-order valence-corrected chi connectivity index (χ0v) is 21.4. The van der Waals surface area contributed by atoms with Gasteiger partial charge in [0.05, 0.1) is 16.8 Å². The lowest BCUT2D eigenvalue weighted by atomic mass is 9.92. The number of carbonyl (C=O) groups is 2. The summed E-state index contributed by atoms with van der Waals surface area (Å²) in [4.78, 5) is 29.3. The van der Waals surface area contributed by atoms with E-state index >= 15 is 0 Å². The molecule has 2 amide bonds. The molecule has 0 saturated heterocycles. The van der Waals surface area contributed by atoms with E-state index < -0.39 is 29.0 Å². The number of benzene rings is 2. The van der Waals surface area contributed by atoms with Gasteiger partial charge in [-0.1, -0.05) is 32.0 Å². The van der Waals surface area contributed by atoms with E-state index in [1.165, 1.54) is 6.07 Å². The van der Waals surface area contributed by atoms with Crippen molar-refractivity contribution in [2.45, 2.75) is 46.8 Å². The van der Waals surface area contributed by atoms with E-state index in [-0.39, 0.29) is 23.6 Å². The number of pyridine rings is 1. The van der Waals surface area contributed by atoms with E-state index in [9.17, 15) is 18.4 Å². The Morgan fingerprint density at radius 1 is 1.05 bits per heavy atom. The van der Waals surface area contributed by atoms with Crippen molar-refractivity contribution in [1.82, 2.24) is 14.7 Å². The Labute approximate surface area is 214 Å². The Morgan fingerprint density at radius 3 is 2.35 bits per heavy atom. The topological polar surface area (TPSA) is 98.7 Å². The molecule has 0 fully saturated rings. The largest absolute Gasteiger partial charge is 0.485 e. The molecule has 37 heavy (non-hydrogen) atoms. The minimum atomic E-state index is -0.838. The van der Waals surface area contributed by atoms with Crippen LogP contribution in [0.4, 0.5) is 8.78 Å². The highest BCUT2D eigenvalue weighted by molar-refractivity contribution is 5.96. The number of nitrogens with zero attached hydrogens (tertiary/aromatic N) is 2. The molecule has 0 aliphatic rings. The Kier molecular flexibility index (Phi) is 8.27. The van der Waals surface area contributed by atoms with Crippen LogP contribution in [0.3, 0.4) is 0 Å². The van der Waals surface area contributed by atoms with Crippen molar-refractivity contribution in [1.29, 1.82) is 0 Å². The van der Waals surface area contributed by atoms with Gasteiger partial charge in [-0.3, -0.25) is 14.0 Å². The number of hydrogen-bond acceptors (Lipinski definition) is 4. The maximum Gasteiger partial charge on any atom is 0.270 e. The van der Waals surface area contributed by atoms with Crippen LogP contribution < -0.4 is 15.8 Å². The van der Waals surface area contributed by atoms with Crippen molar-refractivity contribution >= 4 is 17.5 Å². The fraction of sp³-hybridized carbons (Fsp3) is 0.250. The molecule has 3 N–H and O–H groups in total. The predicted octanol–water partition coefficient (Wildman–Crippen LogP) is 5.29. The van der Waals surface area contributed by atoms with Crippen molar-refractivity contribution in [3.05, 3.63) is 101 Å². The van der Waals surface area contributed by atoms with Crippen molar-refractivity contribution in [3.63, 3.8) is 0 Å². The Balaban J connectivity index is 0.00000186. The highest BCUT2D eigenvalue weighted by atomic mass is 19.1. The number of nitrogens with two attached hydrogens (primary N) is 1. The molecule has 194 valence electrons. The summed E-state index contributed by atoms with van der Waals surface area (Å²) >= 11 is 0. The first kappa shape index (κ1) is 27.3. The molecule has 0 radical (unpaired) electrons. The van der Waals surface area contributed by atoms with Crippen molar-refractivity contribution in [2.24, 2.45) is 5.73 Å². The number of primary amides is 1.